The molecule has 88 valence electrons. The van der Waals surface area contributed by atoms with Gasteiger partial charge in [-0.1, -0.05) is 6.92 Å². The highest BCUT2D eigenvalue weighted by atomic mass is 16.5. The van der Waals surface area contributed by atoms with Crippen LogP contribution in [0.25, 0.3) is 0 Å². The van der Waals surface area contributed by atoms with Crippen molar-refractivity contribution in [2.75, 3.05) is 18.5 Å². The van der Waals surface area contributed by atoms with Gasteiger partial charge in [-0.15, -0.1) is 0 Å². The Bertz CT molecular complexity index is 358. The van der Waals surface area contributed by atoms with Crippen LogP contribution in [0.4, 0.5) is 5.82 Å². The molecule has 0 saturated heterocycles. The Balaban J connectivity index is 1.83. The topological polar surface area (TPSA) is 67.0 Å². The van der Waals surface area contributed by atoms with Crippen LogP contribution in [0.15, 0.2) is 6.20 Å². The molecule has 0 aromatic carbocycles. The fourth-order valence-corrected chi connectivity index (χ4v) is 1.58. The number of hydrogen-bond acceptors (Lipinski definition) is 3. The lowest BCUT2D eigenvalue weighted by molar-refractivity contribution is -0.120. The third kappa shape index (κ3) is 2.82. The van der Waals surface area contributed by atoms with Crippen LogP contribution < -0.4 is 5.32 Å². The number of carbonyl (C=O) groups excluding carboxylic acids is 1. The van der Waals surface area contributed by atoms with E-state index in [1.807, 2.05) is 6.92 Å². The number of aromatic amines is 1. The van der Waals surface area contributed by atoms with Gasteiger partial charge in [0.25, 0.3) is 5.91 Å². The van der Waals surface area contributed by atoms with E-state index in [0.717, 1.165) is 17.8 Å². The largest absolute Gasteiger partial charge is 0.372 e. The van der Waals surface area contributed by atoms with Crippen molar-refractivity contribution in [1.82, 2.24) is 10.2 Å². The molecule has 1 saturated carbocycles. The summed E-state index contributed by atoms with van der Waals surface area (Å²) in [5.41, 5.74) is 1.11. The van der Waals surface area contributed by atoms with Crippen molar-refractivity contribution in [3.05, 3.63) is 11.8 Å². The first-order chi connectivity index (χ1) is 7.81. The summed E-state index contributed by atoms with van der Waals surface area (Å²) >= 11 is 0. The van der Waals surface area contributed by atoms with Crippen molar-refractivity contribution < 1.29 is 9.53 Å². The third-order valence-electron chi connectivity index (χ3n) is 2.53. The summed E-state index contributed by atoms with van der Waals surface area (Å²) in [6, 6.07) is 0. The second kappa shape index (κ2) is 5.12. The first kappa shape index (κ1) is 11.1. The third-order valence-corrected chi connectivity index (χ3v) is 2.53. The van der Waals surface area contributed by atoms with Gasteiger partial charge in [-0.05, 0) is 25.2 Å². The molecular formula is C11H17N3O2. The van der Waals surface area contributed by atoms with Crippen LogP contribution in [0, 0.1) is 0 Å². The maximum atomic E-state index is 11.5. The van der Waals surface area contributed by atoms with Crippen molar-refractivity contribution >= 4 is 11.7 Å². The van der Waals surface area contributed by atoms with Crippen molar-refractivity contribution in [1.29, 1.82) is 0 Å². The summed E-state index contributed by atoms with van der Waals surface area (Å²) in [7, 11) is 0. The molecule has 1 amide bonds. The maximum Gasteiger partial charge on any atom is 0.251 e. The molecule has 1 heterocycles. The number of H-pyrrole nitrogens is 1. The Kier molecular flexibility index (Phi) is 3.56. The number of aromatic nitrogens is 2. The van der Waals surface area contributed by atoms with Crippen LogP contribution >= 0.6 is 0 Å². The Morgan fingerprint density at radius 3 is 3.19 bits per heavy atom. The molecule has 1 aromatic heterocycles. The number of amides is 1. The highest BCUT2D eigenvalue weighted by Gasteiger charge is 2.27. The maximum absolute atomic E-state index is 11.5. The first-order valence-corrected chi connectivity index (χ1v) is 5.72. The van der Waals surface area contributed by atoms with Gasteiger partial charge in [0.05, 0.1) is 6.20 Å². The minimum Gasteiger partial charge on any atom is -0.372 e. The van der Waals surface area contributed by atoms with Crippen molar-refractivity contribution in [2.24, 2.45) is 0 Å². The zero-order valence-electron chi connectivity index (χ0n) is 9.45. The second-order valence-corrected chi connectivity index (χ2v) is 4.08. The molecule has 0 radical (unpaired) electrons. The number of carbonyl (C=O) groups is 1. The lowest BCUT2D eigenvalue weighted by Gasteiger charge is -2.05. The molecular weight excluding hydrogens is 206 g/mol. The molecule has 2 rings (SSSR count). The summed E-state index contributed by atoms with van der Waals surface area (Å²) in [5, 5.41) is 9.55. The molecule has 1 fully saturated rings. The minimum atomic E-state index is -0.125. The molecule has 0 aliphatic heterocycles. The number of rotatable bonds is 6. The number of ether oxygens (including phenoxy) is 1. The molecule has 0 spiro atoms. The fraction of sp³-hybridized carbons (Fsp3) is 0.636. The van der Waals surface area contributed by atoms with Crippen molar-refractivity contribution in [2.45, 2.75) is 32.1 Å². The molecule has 0 unspecified atom stereocenters. The van der Waals surface area contributed by atoms with Gasteiger partial charge in [0, 0.05) is 12.2 Å². The van der Waals surface area contributed by atoms with E-state index >= 15 is 0 Å². The lowest BCUT2D eigenvalue weighted by atomic mass is 10.2. The van der Waals surface area contributed by atoms with Gasteiger partial charge in [0.1, 0.15) is 12.4 Å². The highest BCUT2D eigenvalue weighted by molar-refractivity contribution is 5.91. The van der Waals surface area contributed by atoms with E-state index < -0.39 is 0 Å². The van der Waals surface area contributed by atoms with Gasteiger partial charge < -0.3 is 10.1 Å². The predicted molar refractivity (Wildman–Crippen MR) is 60.3 cm³/mol. The molecule has 2 N–H and O–H groups in total. The Morgan fingerprint density at radius 1 is 1.69 bits per heavy atom. The molecule has 1 aliphatic carbocycles. The minimum absolute atomic E-state index is 0.108. The van der Waals surface area contributed by atoms with Crippen LogP contribution in [-0.4, -0.2) is 29.3 Å². The SMILES string of the molecule is CCCOCC(=O)Nc1[nH]ncc1C1CC1. The van der Waals surface area contributed by atoms with Crippen molar-refractivity contribution in [3.63, 3.8) is 0 Å². The summed E-state index contributed by atoms with van der Waals surface area (Å²) < 4.78 is 5.16. The zero-order valence-corrected chi connectivity index (χ0v) is 9.45. The van der Waals surface area contributed by atoms with Gasteiger partial charge in [-0.25, -0.2) is 0 Å². The molecule has 0 atom stereocenters. The molecule has 1 aromatic rings. The standard InChI is InChI=1S/C11H17N3O2/c1-2-5-16-7-10(15)13-11-9(6-12-14-11)8-3-4-8/h6,8H,2-5,7H2,1H3,(H2,12,13,14,15). The van der Waals surface area contributed by atoms with Gasteiger partial charge >= 0.3 is 0 Å². The van der Waals surface area contributed by atoms with E-state index in [-0.39, 0.29) is 12.5 Å². The average Bonchev–Trinajstić information content (AvgIpc) is 3.01. The zero-order chi connectivity index (χ0) is 11.4. The fourth-order valence-electron chi connectivity index (χ4n) is 1.58. The van der Waals surface area contributed by atoms with Gasteiger partial charge in [0.15, 0.2) is 0 Å². The molecule has 0 bridgehead atoms. The quantitative estimate of drug-likeness (QED) is 0.721. The van der Waals surface area contributed by atoms with Crippen LogP contribution in [-0.2, 0) is 9.53 Å². The average molecular weight is 223 g/mol. The van der Waals surface area contributed by atoms with Crippen LogP contribution in [0.2, 0.25) is 0 Å². The van der Waals surface area contributed by atoms with Gasteiger partial charge in [0.2, 0.25) is 0 Å². The van der Waals surface area contributed by atoms with E-state index in [1.54, 1.807) is 6.20 Å². The predicted octanol–water partition coefficient (Wildman–Crippen LogP) is 1.65. The number of hydrogen-bond donors (Lipinski definition) is 2. The monoisotopic (exact) mass is 223 g/mol. The van der Waals surface area contributed by atoms with Crippen molar-refractivity contribution in [3.8, 4) is 0 Å². The van der Waals surface area contributed by atoms with E-state index in [4.69, 9.17) is 4.74 Å². The van der Waals surface area contributed by atoms with Gasteiger partial charge in [-0.2, -0.15) is 5.10 Å². The van der Waals surface area contributed by atoms with Crippen LogP contribution in [0.1, 0.15) is 37.7 Å². The lowest BCUT2D eigenvalue weighted by Crippen LogP contribution is -2.19. The number of nitrogens with zero attached hydrogens (tertiary/aromatic N) is 1. The Labute approximate surface area is 94.6 Å². The number of nitrogens with one attached hydrogen (secondary N) is 2. The first-order valence-electron chi connectivity index (χ1n) is 5.72. The van der Waals surface area contributed by atoms with Crippen LogP contribution in [0.3, 0.4) is 0 Å². The van der Waals surface area contributed by atoms with E-state index in [0.29, 0.717) is 12.5 Å². The molecule has 5 nitrogen and oxygen atoms in total. The molecule has 16 heavy (non-hydrogen) atoms. The second-order valence-electron chi connectivity index (χ2n) is 4.08. The summed E-state index contributed by atoms with van der Waals surface area (Å²) in [6.07, 6.45) is 5.09. The Morgan fingerprint density at radius 2 is 2.50 bits per heavy atom. The van der Waals surface area contributed by atoms with E-state index in [9.17, 15) is 4.79 Å². The normalized spacial score (nSPS) is 15.1. The summed E-state index contributed by atoms with van der Waals surface area (Å²) in [4.78, 5) is 11.5. The smallest absolute Gasteiger partial charge is 0.251 e. The molecule has 5 heteroatoms. The number of anilines is 1. The van der Waals surface area contributed by atoms with E-state index in [2.05, 4.69) is 15.5 Å². The Hall–Kier alpha value is -1.36. The molecule has 1 aliphatic rings. The van der Waals surface area contributed by atoms with Crippen LogP contribution in [0.5, 0.6) is 0 Å². The van der Waals surface area contributed by atoms with E-state index in [1.165, 1.54) is 12.8 Å². The summed E-state index contributed by atoms with van der Waals surface area (Å²) in [6.45, 7) is 2.74. The highest BCUT2D eigenvalue weighted by Crippen LogP contribution is 2.42. The van der Waals surface area contributed by atoms with Gasteiger partial charge in [-0.3, -0.25) is 9.89 Å². The summed E-state index contributed by atoms with van der Waals surface area (Å²) in [5.74, 6) is 1.18.